The second-order valence-corrected chi connectivity index (χ2v) is 7.00. The maximum Gasteiger partial charge on any atom is 0.291 e. The van der Waals surface area contributed by atoms with E-state index in [0.717, 1.165) is 26.7 Å². The highest BCUT2D eigenvalue weighted by Crippen LogP contribution is 2.33. The lowest BCUT2D eigenvalue weighted by atomic mass is 10.1. The monoisotopic (exact) mass is 360 g/mol. The van der Waals surface area contributed by atoms with Gasteiger partial charge in [0, 0.05) is 21.7 Å². The number of thiazole rings is 1. The van der Waals surface area contributed by atoms with Gasteiger partial charge in [-0.2, -0.15) is 0 Å². The summed E-state index contributed by atoms with van der Waals surface area (Å²) in [6.07, 6.45) is 1.48. The van der Waals surface area contributed by atoms with Gasteiger partial charge in [0.1, 0.15) is 5.01 Å². The number of anilines is 1. The average Bonchev–Trinajstić information content (AvgIpc) is 3.33. The first-order valence-corrected chi connectivity index (χ1v) is 9.00. The summed E-state index contributed by atoms with van der Waals surface area (Å²) in [5, 5.41) is 3.83. The van der Waals surface area contributed by atoms with Crippen LogP contribution in [0.5, 0.6) is 0 Å². The maximum absolute atomic E-state index is 12.0. The van der Waals surface area contributed by atoms with E-state index in [1.807, 2.05) is 42.5 Å². The van der Waals surface area contributed by atoms with E-state index in [4.69, 9.17) is 9.40 Å². The molecule has 0 aliphatic heterocycles. The fraction of sp³-hybridized carbons (Fsp3) is 0.0476. The molecule has 4 aromatic rings. The van der Waals surface area contributed by atoms with Crippen molar-refractivity contribution in [2.24, 2.45) is 0 Å². The molecule has 2 heterocycles. The van der Waals surface area contributed by atoms with E-state index in [0.29, 0.717) is 5.69 Å². The van der Waals surface area contributed by atoms with Crippen molar-refractivity contribution in [1.82, 2.24) is 4.98 Å². The van der Waals surface area contributed by atoms with Crippen molar-refractivity contribution in [3.8, 4) is 21.8 Å². The molecule has 128 valence electrons. The zero-order valence-corrected chi connectivity index (χ0v) is 14.9. The number of nitrogens with zero attached hydrogens (tertiary/aromatic N) is 1. The number of hydrogen-bond acceptors (Lipinski definition) is 4. The summed E-state index contributed by atoms with van der Waals surface area (Å²) in [5.41, 5.74) is 3.83. The Hall–Kier alpha value is -3.18. The van der Waals surface area contributed by atoms with Gasteiger partial charge in [-0.1, -0.05) is 42.5 Å². The van der Waals surface area contributed by atoms with Crippen LogP contribution in [-0.4, -0.2) is 10.9 Å². The molecule has 4 nitrogen and oxygen atoms in total. The van der Waals surface area contributed by atoms with Gasteiger partial charge in [0.15, 0.2) is 5.76 Å². The number of rotatable bonds is 4. The molecule has 4 rings (SSSR count). The molecule has 0 atom stereocenters. The number of carbonyl (C=O) groups is 1. The lowest BCUT2D eigenvalue weighted by Gasteiger charge is -2.04. The Morgan fingerprint density at radius 3 is 2.42 bits per heavy atom. The summed E-state index contributed by atoms with van der Waals surface area (Å²) in [5.74, 6) is 0.0240. The number of hydrogen-bond donors (Lipinski definition) is 1. The second kappa shape index (κ2) is 6.98. The van der Waals surface area contributed by atoms with Gasteiger partial charge in [-0.25, -0.2) is 4.98 Å². The van der Waals surface area contributed by atoms with Crippen LogP contribution in [0.3, 0.4) is 0 Å². The summed E-state index contributed by atoms with van der Waals surface area (Å²) < 4.78 is 5.10. The highest BCUT2D eigenvalue weighted by atomic mass is 32.1. The highest BCUT2D eigenvalue weighted by Gasteiger charge is 2.12. The molecule has 1 N–H and O–H groups in total. The van der Waals surface area contributed by atoms with Gasteiger partial charge < -0.3 is 9.73 Å². The van der Waals surface area contributed by atoms with Crippen LogP contribution in [-0.2, 0) is 0 Å². The molecule has 0 spiro atoms. The molecule has 0 aliphatic rings. The van der Waals surface area contributed by atoms with Crippen molar-refractivity contribution >= 4 is 22.9 Å². The summed E-state index contributed by atoms with van der Waals surface area (Å²) in [6.45, 7) is 2.08. The molecule has 2 aromatic carbocycles. The number of nitrogens with one attached hydrogen (secondary N) is 1. The third kappa shape index (κ3) is 3.30. The molecular weight excluding hydrogens is 344 g/mol. The van der Waals surface area contributed by atoms with Crippen molar-refractivity contribution in [3.63, 3.8) is 0 Å². The number of carbonyl (C=O) groups excluding carboxylic acids is 1. The predicted molar refractivity (Wildman–Crippen MR) is 104 cm³/mol. The lowest BCUT2D eigenvalue weighted by molar-refractivity contribution is 0.0996. The predicted octanol–water partition coefficient (Wildman–Crippen LogP) is 5.63. The van der Waals surface area contributed by atoms with E-state index in [-0.39, 0.29) is 11.7 Å². The SMILES string of the molecule is Cc1sc(-c2ccccc2)nc1-c1ccc(NC(=O)c2ccco2)cc1. The first kappa shape index (κ1) is 16.3. The van der Waals surface area contributed by atoms with Crippen LogP contribution in [0.25, 0.3) is 21.8 Å². The van der Waals surface area contributed by atoms with Crippen molar-refractivity contribution in [2.75, 3.05) is 5.32 Å². The van der Waals surface area contributed by atoms with E-state index in [1.54, 1.807) is 23.5 Å². The second-order valence-electron chi connectivity index (χ2n) is 5.80. The minimum Gasteiger partial charge on any atom is -0.459 e. The lowest BCUT2D eigenvalue weighted by Crippen LogP contribution is -2.10. The number of aromatic nitrogens is 1. The van der Waals surface area contributed by atoms with E-state index in [9.17, 15) is 4.79 Å². The van der Waals surface area contributed by atoms with Crippen LogP contribution in [0.2, 0.25) is 0 Å². The number of amides is 1. The fourth-order valence-corrected chi connectivity index (χ4v) is 3.62. The van der Waals surface area contributed by atoms with E-state index in [1.165, 1.54) is 6.26 Å². The topological polar surface area (TPSA) is 55.1 Å². The highest BCUT2D eigenvalue weighted by molar-refractivity contribution is 7.15. The Labute approximate surface area is 155 Å². The van der Waals surface area contributed by atoms with Gasteiger partial charge in [-0.15, -0.1) is 11.3 Å². The third-order valence-corrected chi connectivity index (χ3v) is 5.00. The molecule has 0 bridgehead atoms. The Balaban J connectivity index is 1.56. The Morgan fingerprint density at radius 2 is 1.73 bits per heavy atom. The number of benzene rings is 2. The standard InChI is InChI=1S/C21H16N2O2S/c1-14-19(23-21(26-14)16-6-3-2-4-7-16)15-9-11-17(12-10-15)22-20(24)18-8-5-13-25-18/h2-13H,1H3,(H,22,24). The van der Waals surface area contributed by atoms with E-state index < -0.39 is 0 Å². The molecule has 0 saturated carbocycles. The van der Waals surface area contributed by atoms with Gasteiger partial charge in [0.25, 0.3) is 5.91 Å². The Morgan fingerprint density at radius 1 is 0.962 bits per heavy atom. The summed E-state index contributed by atoms with van der Waals surface area (Å²) in [4.78, 5) is 18.0. The van der Waals surface area contributed by atoms with Crippen LogP contribution in [0.1, 0.15) is 15.4 Å². The van der Waals surface area contributed by atoms with Gasteiger partial charge >= 0.3 is 0 Å². The number of aryl methyl sites for hydroxylation is 1. The molecule has 26 heavy (non-hydrogen) atoms. The first-order valence-electron chi connectivity index (χ1n) is 8.19. The fourth-order valence-electron chi connectivity index (χ4n) is 2.68. The van der Waals surface area contributed by atoms with Crippen molar-refractivity contribution in [1.29, 1.82) is 0 Å². The van der Waals surface area contributed by atoms with Gasteiger partial charge in [-0.3, -0.25) is 4.79 Å². The quantitative estimate of drug-likeness (QED) is 0.513. The number of furan rings is 1. The molecule has 5 heteroatoms. The van der Waals surface area contributed by atoms with E-state index in [2.05, 4.69) is 24.4 Å². The van der Waals surface area contributed by atoms with E-state index >= 15 is 0 Å². The zero-order chi connectivity index (χ0) is 17.9. The maximum atomic E-state index is 12.0. The minimum absolute atomic E-state index is 0.265. The largest absolute Gasteiger partial charge is 0.459 e. The van der Waals surface area contributed by atoms with Crippen LogP contribution in [0, 0.1) is 6.92 Å². The van der Waals surface area contributed by atoms with Gasteiger partial charge in [0.2, 0.25) is 0 Å². The van der Waals surface area contributed by atoms with Crippen molar-refractivity contribution in [3.05, 3.63) is 83.6 Å². The van der Waals surface area contributed by atoms with Crippen LogP contribution in [0.4, 0.5) is 5.69 Å². The van der Waals surface area contributed by atoms with Crippen LogP contribution in [0.15, 0.2) is 77.4 Å². The van der Waals surface area contributed by atoms with Crippen LogP contribution < -0.4 is 5.32 Å². The average molecular weight is 360 g/mol. The van der Waals surface area contributed by atoms with Crippen molar-refractivity contribution < 1.29 is 9.21 Å². The molecule has 0 saturated heterocycles. The first-order chi connectivity index (χ1) is 12.7. The summed E-state index contributed by atoms with van der Waals surface area (Å²) in [6, 6.07) is 21.2. The smallest absolute Gasteiger partial charge is 0.291 e. The molecule has 0 radical (unpaired) electrons. The van der Waals surface area contributed by atoms with Gasteiger partial charge in [0.05, 0.1) is 12.0 Å². The minimum atomic E-state index is -0.265. The zero-order valence-electron chi connectivity index (χ0n) is 14.1. The molecule has 2 aromatic heterocycles. The Kier molecular flexibility index (Phi) is 4.37. The molecule has 0 fully saturated rings. The van der Waals surface area contributed by atoms with Crippen molar-refractivity contribution in [2.45, 2.75) is 6.92 Å². The Bertz CT molecular complexity index is 1020. The summed E-state index contributed by atoms with van der Waals surface area (Å²) in [7, 11) is 0. The molecule has 0 aliphatic carbocycles. The molecule has 1 amide bonds. The van der Waals surface area contributed by atoms with Crippen LogP contribution >= 0.6 is 11.3 Å². The van der Waals surface area contributed by atoms with Gasteiger partial charge in [-0.05, 0) is 31.2 Å². The normalized spacial score (nSPS) is 10.7. The molecular formula is C21H16N2O2S. The molecule has 0 unspecified atom stereocenters. The summed E-state index contributed by atoms with van der Waals surface area (Å²) >= 11 is 1.68. The third-order valence-electron chi connectivity index (χ3n) is 3.98.